The topological polar surface area (TPSA) is 26.3 Å². The number of thiophene rings is 1. The maximum atomic E-state index is 11.3. The van der Waals surface area contributed by atoms with Gasteiger partial charge in [-0.2, -0.15) is 0 Å². The van der Waals surface area contributed by atoms with Crippen molar-refractivity contribution in [3.05, 3.63) is 21.9 Å². The zero-order valence-corrected chi connectivity index (χ0v) is 8.82. The quantitative estimate of drug-likeness (QED) is 0.695. The molecule has 0 atom stereocenters. The Kier molecular flexibility index (Phi) is 3.96. The maximum Gasteiger partial charge on any atom is 0.348 e. The van der Waals surface area contributed by atoms with Gasteiger partial charge in [-0.15, -0.1) is 11.3 Å². The molecule has 0 unspecified atom stereocenters. The van der Waals surface area contributed by atoms with E-state index in [1.807, 2.05) is 19.1 Å². The summed E-state index contributed by atoms with van der Waals surface area (Å²) >= 11 is 1.53. The van der Waals surface area contributed by atoms with Crippen LogP contribution < -0.4 is 0 Å². The molecule has 1 heterocycles. The summed E-state index contributed by atoms with van der Waals surface area (Å²) in [6, 6.07) is 3.84. The Morgan fingerprint density at radius 3 is 2.85 bits per heavy atom. The van der Waals surface area contributed by atoms with E-state index in [1.165, 1.54) is 16.2 Å². The van der Waals surface area contributed by atoms with E-state index in [4.69, 9.17) is 4.74 Å². The Hall–Kier alpha value is -0.830. The lowest BCUT2D eigenvalue weighted by atomic mass is 10.3. The first kappa shape index (κ1) is 10.3. The van der Waals surface area contributed by atoms with Crippen molar-refractivity contribution in [3.8, 4) is 0 Å². The average Bonchev–Trinajstić information content (AvgIpc) is 2.54. The molecule has 0 N–H and O–H groups in total. The molecule has 0 spiro atoms. The molecule has 0 aromatic carbocycles. The Labute approximate surface area is 82.5 Å². The van der Waals surface area contributed by atoms with Crippen LogP contribution in [0.1, 0.15) is 34.8 Å². The predicted octanol–water partition coefficient (Wildman–Crippen LogP) is 2.88. The van der Waals surface area contributed by atoms with Crippen LogP contribution in [0.3, 0.4) is 0 Å². The van der Waals surface area contributed by atoms with Crippen molar-refractivity contribution in [1.82, 2.24) is 0 Å². The van der Waals surface area contributed by atoms with Gasteiger partial charge in [0.05, 0.1) is 6.61 Å². The summed E-state index contributed by atoms with van der Waals surface area (Å²) in [6.45, 7) is 4.39. The number of rotatable bonds is 4. The molecule has 0 aliphatic carbocycles. The van der Waals surface area contributed by atoms with Gasteiger partial charge in [-0.25, -0.2) is 4.79 Å². The second-order valence-electron chi connectivity index (χ2n) is 2.74. The predicted molar refractivity (Wildman–Crippen MR) is 54.3 cm³/mol. The fourth-order valence-electron chi connectivity index (χ4n) is 1.07. The van der Waals surface area contributed by atoms with Crippen molar-refractivity contribution in [1.29, 1.82) is 0 Å². The molecule has 1 aromatic rings. The van der Waals surface area contributed by atoms with Gasteiger partial charge in [-0.1, -0.05) is 13.3 Å². The second kappa shape index (κ2) is 5.02. The van der Waals surface area contributed by atoms with E-state index in [9.17, 15) is 4.79 Å². The molecule has 2 nitrogen and oxygen atoms in total. The molecule has 0 fully saturated rings. The van der Waals surface area contributed by atoms with Crippen LogP contribution >= 0.6 is 11.3 Å². The summed E-state index contributed by atoms with van der Waals surface area (Å²) in [6.07, 6.45) is 2.16. The minimum Gasteiger partial charge on any atom is -0.462 e. The van der Waals surface area contributed by atoms with E-state index in [0.717, 1.165) is 12.8 Å². The van der Waals surface area contributed by atoms with E-state index in [0.29, 0.717) is 11.5 Å². The molecule has 0 aliphatic rings. The van der Waals surface area contributed by atoms with Gasteiger partial charge in [-0.3, -0.25) is 0 Å². The highest BCUT2D eigenvalue weighted by molar-refractivity contribution is 7.13. The van der Waals surface area contributed by atoms with Gasteiger partial charge < -0.3 is 4.74 Å². The van der Waals surface area contributed by atoms with E-state index in [-0.39, 0.29) is 5.97 Å². The van der Waals surface area contributed by atoms with Crippen molar-refractivity contribution in [2.75, 3.05) is 6.61 Å². The fourth-order valence-corrected chi connectivity index (χ4v) is 2.07. The average molecular weight is 198 g/mol. The molecule has 0 saturated carbocycles. The molecular formula is C10H14O2S. The SMILES string of the molecule is CCCc1ccc(C(=O)OCC)s1. The number of aryl methyl sites for hydroxylation is 1. The smallest absolute Gasteiger partial charge is 0.348 e. The molecular weight excluding hydrogens is 184 g/mol. The number of hydrogen-bond donors (Lipinski definition) is 0. The number of carbonyl (C=O) groups excluding carboxylic acids is 1. The molecule has 1 aromatic heterocycles. The highest BCUT2D eigenvalue weighted by Crippen LogP contribution is 2.18. The highest BCUT2D eigenvalue weighted by Gasteiger charge is 2.08. The van der Waals surface area contributed by atoms with E-state index < -0.39 is 0 Å². The summed E-state index contributed by atoms with van der Waals surface area (Å²) in [5.41, 5.74) is 0. The van der Waals surface area contributed by atoms with Crippen LogP contribution in [0.5, 0.6) is 0 Å². The Bertz CT molecular complexity index is 278. The van der Waals surface area contributed by atoms with Gasteiger partial charge in [0, 0.05) is 4.88 Å². The summed E-state index contributed by atoms with van der Waals surface area (Å²) in [5, 5.41) is 0. The molecule has 1 rings (SSSR count). The third kappa shape index (κ3) is 2.84. The first-order valence-electron chi connectivity index (χ1n) is 4.53. The van der Waals surface area contributed by atoms with E-state index >= 15 is 0 Å². The largest absolute Gasteiger partial charge is 0.462 e. The summed E-state index contributed by atoms with van der Waals surface area (Å²) in [4.78, 5) is 13.2. The molecule has 0 amide bonds. The molecule has 72 valence electrons. The molecule has 0 radical (unpaired) electrons. The number of esters is 1. The standard InChI is InChI=1S/C10H14O2S/c1-3-5-8-6-7-9(13-8)10(11)12-4-2/h6-7H,3-5H2,1-2H3. The van der Waals surface area contributed by atoms with E-state index in [2.05, 4.69) is 6.92 Å². The molecule has 13 heavy (non-hydrogen) atoms. The number of hydrogen-bond acceptors (Lipinski definition) is 3. The summed E-state index contributed by atoms with van der Waals surface area (Å²) < 4.78 is 4.89. The fraction of sp³-hybridized carbons (Fsp3) is 0.500. The summed E-state index contributed by atoms with van der Waals surface area (Å²) in [7, 11) is 0. The van der Waals surface area contributed by atoms with Gasteiger partial charge in [0.2, 0.25) is 0 Å². The van der Waals surface area contributed by atoms with Crippen molar-refractivity contribution >= 4 is 17.3 Å². The van der Waals surface area contributed by atoms with Crippen LogP contribution in [-0.2, 0) is 11.2 Å². The highest BCUT2D eigenvalue weighted by atomic mass is 32.1. The molecule has 0 bridgehead atoms. The van der Waals surface area contributed by atoms with Crippen LogP contribution in [0.2, 0.25) is 0 Å². The molecule has 0 saturated heterocycles. The zero-order valence-electron chi connectivity index (χ0n) is 8.00. The number of ether oxygens (including phenoxy) is 1. The Morgan fingerprint density at radius 2 is 2.23 bits per heavy atom. The van der Waals surface area contributed by atoms with Crippen molar-refractivity contribution in [3.63, 3.8) is 0 Å². The van der Waals surface area contributed by atoms with Gasteiger partial charge in [0.15, 0.2) is 0 Å². The Balaban J connectivity index is 2.62. The normalized spacial score (nSPS) is 10.0. The number of carbonyl (C=O) groups is 1. The lowest BCUT2D eigenvalue weighted by Gasteiger charge is -1.96. The van der Waals surface area contributed by atoms with Gasteiger partial charge >= 0.3 is 5.97 Å². The molecule has 3 heteroatoms. The monoisotopic (exact) mass is 198 g/mol. The lowest BCUT2D eigenvalue weighted by molar-refractivity contribution is 0.0532. The molecule has 0 aliphatic heterocycles. The lowest BCUT2D eigenvalue weighted by Crippen LogP contribution is -2.01. The third-order valence-electron chi connectivity index (χ3n) is 1.63. The second-order valence-corrected chi connectivity index (χ2v) is 3.90. The van der Waals surface area contributed by atoms with E-state index in [1.54, 1.807) is 0 Å². The zero-order chi connectivity index (χ0) is 9.68. The first-order valence-corrected chi connectivity index (χ1v) is 5.35. The van der Waals surface area contributed by atoms with Crippen LogP contribution in [0, 0.1) is 0 Å². The maximum absolute atomic E-state index is 11.3. The minimum atomic E-state index is -0.199. The van der Waals surface area contributed by atoms with Crippen LogP contribution in [0.15, 0.2) is 12.1 Å². The van der Waals surface area contributed by atoms with Crippen molar-refractivity contribution in [2.45, 2.75) is 26.7 Å². The van der Waals surface area contributed by atoms with Crippen molar-refractivity contribution < 1.29 is 9.53 Å². The Morgan fingerprint density at radius 1 is 1.46 bits per heavy atom. The van der Waals surface area contributed by atoms with Gasteiger partial charge in [-0.05, 0) is 25.5 Å². The minimum absolute atomic E-state index is 0.199. The summed E-state index contributed by atoms with van der Waals surface area (Å²) in [5.74, 6) is -0.199. The van der Waals surface area contributed by atoms with Crippen molar-refractivity contribution in [2.24, 2.45) is 0 Å². The van der Waals surface area contributed by atoms with Gasteiger partial charge in [0.25, 0.3) is 0 Å². The van der Waals surface area contributed by atoms with Gasteiger partial charge in [0.1, 0.15) is 4.88 Å². The van der Waals surface area contributed by atoms with Crippen LogP contribution in [0.25, 0.3) is 0 Å². The first-order chi connectivity index (χ1) is 6.27. The van der Waals surface area contributed by atoms with Crippen LogP contribution in [0.4, 0.5) is 0 Å². The van der Waals surface area contributed by atoms with Crippen LogP contribution in [-0.4, -0.2) is 12.6 Å². The third-order valence-corrected chi connectivity index (χ3v) is 2.76.